The molecule has 2 heterocycles. The topological polar surface area (TPSA) is 90.5 Å². The van der Waals surface area contributed by atoms with Gasteiger partial charge < -0.3 is 9.88 Å². The zero-order chi connectivity index (χ0) is 21.1. The molecule has 29 heavy (non-hydrogen) atoms. The second-order valence-corrected chi connectivity index (χ2v) is 8.00. The minimum Gasteiger partial charge on any atom is -0.349 e. The van der Waals surface area contributed by atoms with Crippen LogP contribution < -0.4 is 5.32 Å². The summed E-state index contributed by atoms with van der Waals surface area (Å²) in [7, 11) is 0. The Bertz CT molecular complexity index is 990. The number of carbonyl (C=O) groups excluding carboxylic acids is 1. The molecule has 0 aliphatic carbocycles. The highest BCUT2D eigenvalue weighted by molar-refractivity contribution is 6.37. The molecule has 0 saturated carbocycles. The van der Waals surface area contributed by atoms with Gasteiger partial charge in [0.05, 0.1) is 10.0 Å². The molecule has 154 valence electrons. The van der Waals surface area contributed by atoms with E-state index in [9.17, 15) is 4.79 Å². The number of benzene rings is 1. The van der Waals surface area contributed by atoms with Crippen molar-refractivity contribution in [2.24, 2.45) is 0 Å². The largest absolute Gasteiger partial charge is 0.349 e. The van der Waals surface area contributed by atoms with E-state index in [4.69, 9.17) is 23.2 Å². The highest BCUT2D eigenvalue weighted by atomic mass is 35.5. The lowest BCUT2D eigenvalue weighted by molar-refractivity contribution is 0.0943. The van der Waals surface area contributed by atoms with Gasteiger partial charge in [0.1, 0.15) is 23.7 Å². The minimum absolute atomic E-state index is 0.0148. The van der Waals surface area contributed by atoms with Crippen molar-refractivity contribution in [1.29, 1.82) is 0 Å². The van der Waals surface area contributed by atoms with Gasteiger partial charge in [0.15, 0.2) is 0 Å². The second-order valence-electron chi connectivity index (χ2n) is 7.18. The number of halogens is 2. The lowest BCUT2D eigenvalue weighted by Crippen LogP contribution is -2.27. The molecule has 1 aromatic carbocycles. The van der Waals surface area contributed by atoms with Crippen LogP contribution in [0, 0.1) is 0 Å². The van der Waals surface area contributed by atoms with Crippen LogP contribution in [0.3, 0.4) is 0 Å². The first-order valence-corrected chi connectivity index (χ1v) is 10.1. The van der Waals surface area contributed by atoms with Crippen LogP contribution in [0.2, 0.25) is 10.0 Å². The molecule has 0 radical (unpaired) electrons. The number of carbonyl (C=O) groups is 1. The van der Waals surface area contributed by atoms with E-state index in [2.05, 4.69) is 39.4 Å². The fraction of sp³-hybridized carbons (Fsp3) is 0.421. The summed E-state index contributed by atoms with van der Waals surface area (Å²) in [4.78, 5) is 17.0. The maximum atomic E-state index is 12.6. The predicted molar refractivity (Wildman–Crippen MR) is 112 cm³/mol. The molecule has 0 saturated heterocycles. The van der Waals surface area contributed by atoms with E-state index in [0.717, 1.165) is 5.82 Å². The number of amides is 1. The normalized spacial score (nSPS) is 11.4. The van der Waals surface area contributed by atoms with Gasteiger partial charge in [-0.15, -0.1) is 15.3 Å². The molecule has 3 aromatic rings. The quantitative estimate of drug-likeness (QED) is 0.608. The predicted octanol–water partition coefficient (Wildman–Crippen LogP) is 3.84. The molecule has 3 rings (SSSR count). The van der Waals surface area contributed by atoms with E-state index in [1.165, 1.54) is 0 Å². The van der Waals surface area contributed by atoms with Crippen LogP contribution in [0.25, 0.3) is 5.69 Å². The highest BCUT2D eigenvalue weighted by Crippen LogP contribution is 2.30. The first kappa shape index (κ1) is 21.3. The van der Waals surface area contributed by atoms with Crippen LogP contribution in [0.1, 0.15) is 61.9 Å². The van der Waals surface area contributed by atoms with Crippen molar-refractivity contribution in [3.63, 3.8) is 0 Å². The molecule has 0 aliphatic heterocycles. The number of hydrogen-bond donors (Lipinski definition) is 1. The third kappa shape index (κ3) is 4.59. The summed E-state index contributed by atoms with van der Waals surface area (Å²) in [6.07, 6.45) is 2.24. The zero-order valence-corrected chi connectivity index (χ0v) is 18.2. The Labute approximate surface area is 179 Å². The van der Waals surface area contributed by atoms with Gasteiger partial charge in [-0.2, -0.15) is 0 Å². The minimum atomic E-state index is -0.371. The van der Waals surface area contributed by atoms with Gasteiger partial charge in [-0.25, -0.2) is 9.67 Å². The molecule has 1 amide bonds. The van der Waals surface area contributed by atoms with E-state index in [-0.39, 0.29) is 23.7 Å². The van der Waals surface area contributed by atoms with Crippen LogP contribution in [-0.2, 0) is 6.42 Å². The number of nitrogens with zero attached hydrogens (tertiary/aromatic N) is 6. The molecule has 1 N–H and O–H groups in total. The number of nitrogens with one attached hydrogen (secondary N) is 1. The number of para-hydroxylation sites is 1. The van der Waals surface area contributed by atoms with Crippen molar-refractivity contribution < 1.29 is 4.79 Å². The maximum Gasteiger partial charge on any atom is 0.290 e. The Kier molecular flexibility index (Phi) is 6.54. The molecule has 0 atom stereocenters. The summed E-state index contributed by atoms with van der Waals surface area (Å²) in [5.41, 5.74) is 0.510. The molecule has 0 unspecified atom stereocenters. The molecule has 2 aromatic heterocycles. The van der Waals surface area contributed by atoms with Crippen LogP contribution in [0.5, 0.6) is 0 Å². The van der Waals surface area contributed by atoms with Crippen LogP contribution in [-0.4, -0.2) is 42.0 Å². The summed E-state index contributed by atoms with van der Waals surface area (Å²) in [6, 6.07) is 5.45. The van der Waals surface area contributed by atoms with Gasteiger partial charge in [0.2, 0.25) is 5.82 Å². The summed E-state index contributed by atoms with van der Waals surface area (Å²) < 4.78 is 3.51. The molecular weight excluding hydrogens is 413 g/mol. The Morgan fingerprint density at radius 3 is 2.48 bits per heavy atom. The SMILES string of the molecule is CC(C)c1nc(C(=O)NCCc2nncn2C(C)C)nn1-c1c(Cl)cccc1Cl. The van der Waals surface area contributed by atoms with E-state index in [1.807, 2.05) is 18.4 Å². The van der Waals surface area contributed by atoms with Gasteiger partial charge in [0.25, 0.3) is 5.91 Å². The van der Waals surface area contributed by atoms with Crippen molar-refractivity contribution in [2.75, 3.05) is 6.54 Å². The van der Waals surface area contributed by atoms with Gasteiger partial charge >= 0.3 is 0 Å². The lowest BCUT2D eigenvalue weighted by atomic mass is 10.2. The first-order valence-electron chi connectivity index (χ1n) is 9.37. The monoisotopic (exact) mass is 435 g/mol. The summed E-state index contributed by atoms with van der Waals surface area (Å²) in [5, 5.41) is 16.1. The molecule has 0 fully saturated rings. The van der Waals surface area contributed by atoms with Crippen LogP contribution >= 0.6 is 23.2 Å². The number of rotatable bonds is 7. The Hall–Kier alpha value is -2.45. The Balaban J connectivity index is 1.79. The highest BCUT2D eigenvalue weighted by Gasteiger charge is 2.22. The van der Waals surface area contributed by atoms with Crippen molar-refractivity contribution in [2.45, 2.75) is 46.1 Å². The van der Waals surface area contributed by atoms with Crippen molar-refractivity contribution in [1.82, 2.24) is 34.8 Å². The van der Waals surface area contributed by atoms with Crippen LogP contribution in [0.15, 0.2) is 24.5 Å². The van der Waals surface area contributed by atoms with Crippen molar-refractivity contribution in [3.8, 4) is 5.69 Å². The third-order valence-electron chi connectivity index (χ3n) is 4.34. The molecule has 0 bridgehead atoms. The van der Waals surface area contributed by atoms with Gasteiger partial charge in [-0.05, 0) is 26.0 Å². The van der Waals surface area contributed by atoms with Crippen molar-refractivity contribution >= 4 is 29.1 Å². The summed E-state index contributed by atoms with van der Waals surface area (Å²) in [6.45, 7) is 8.42. The molecule has 10 heteroatoms. The Morgan fingerprint density at radius 1 is 1.17 bits per heavy atom. The fourth-order valence-electron chi connectivity index (χ4n) is 2.89. The molecule has 0 spiro atoms. The van der Waals surface area contributed by atoms with E-state index in [0.29, 0.717) is 34.5 Å². The molecular formula is C19H23Cl2N7O. The zero-order valence-electron chi connectivity index (χ0n) is 16.7. The standard InChI is InChI=1S/C19H23Cl2N7O/c1-11(2)18-24-17(26-28(18)16-13(20)6-5-7-14(16)21)19(29)22-9-8-15-25-23-10-27(15)12(3)4/h5-7,10-12H,8-9H2,1-4H3,(H,22,29). The third-order valence-corrected chi connectivity index (χ3v) is 4.95. The Morgan fingerprint density at radius 2 is 1.86 bits per heavy atom. The smallest absolute Gasteiger partial charge is 0.290 e. The molecule has 0 aliphatic rings. The van der Waals surface area contributed by atoms with E-state index < -0.39 is 0 Å². The van der Waals surface area contributed by atoms with Crippen LogP contribution in [0.4, 0.5) is 0 Å². The second kappa shape index (κ2) is 8.92. The van der Waals surface area contributed by atoms with Crippen molar-refractivity contribution in [3.05, 3.63) is 52.0 Å². The number of aromatic nitrogens is 6. The van der Waals surface area contributed by atoms with Gasteiger partial charge in [-0.1, -0.05) is 43.1 Å². The number of hydrogen-bond acceptors (Lipinski definition) is 5. The van der Waals surface area contributed by atoms with Gasteiger partial charge in [0, 0.05) is 24.9 Å². The van der Waals surface area contributed by atoms with Gasteiger partial charge in [-0.3, -0.25) is 4.79 Å². The first-order chi connectivity index (χ1) is 13.8. The van der Waals surface area contributed by atoms with E-state index >= 15 is 0 Å². The summed E-state index contributed by atoms with van der Waals surface area (Å²) >= 11 is 12.6. The maximum absolute atomic E-state index is 12.6. The summed E-state index contributed by atoms with van der Waals surface area (Å²) in [5.74, 6) is 1.12. The average molecular weight is 436 g/mol. The fourth-order valence-corrected chi connectivity index (χ4v) is 3.45. The lowest BCUT2D eigenvalue weighted by Gasteiger charge is -2.11. The van der Waals surface area contributed by atoms with E-state index in [1.54, 1.807) is 29.2 Å². The average Bonchev–Trinajstić information content (AvgIpc) is 3.29. The molecule has 8 nitrogen and oxygen atoms in total.